The van der Waals surface area contributed by atoms with E-state index in [9.17, 15) is 9.59 Å². The van der Waals surface area contributed by atoms with Crippen molar-refractivity contribution >= 4 is 29.1 Å². The molecule has 0 fully saturated rings. The molecule has 4 nitrogen and oxygen atoms in total. The van der Waals surface area contributed by atoms with Gasteiger partial charge in [-0.2, -0.15) is 0 Å². The fraction of sp³-hybridized carbons (Fsp3) is 0.0667. The lowest BCUT2D eigenvalue weighted by Crippen LogP contribution is -2.33. The number of amides is 2. The largest absolute Gasteiger partial charge is 0.330 e. The monoisotopic (exact) mass is 288 g/mol. The Bertz CT molecular complexity index is 614. The number of ketones is 1. The Morgan fingerprint density at radius 3 is 2.30 bits per heavy atom. The molecule has 0 aliphatic heterocycles. The molecule has 5 heteroatoms. The van der Waals surface area contributed by atoms with Gasteiger partial charge in [-0.15, -0.1) is 0 Å². The zero-order valence-corrected chi connectivity index (χ0v) is 11.4. The van der Waals surface area contributed by atoms with Crippen molar-refractivity contribution in [2.45, 2.75) is 0 Å². The summed E-state index contributed by atoms with van der Waals surface area (Å²) < 4.78 is 0. The Morgan fingerprint density at radius 1 is 0.950 bits per heavy atom. The van der Waals surface area contributed by atoms with E-state index in [2.05, 4.69) is 10.6 Å². The maximum atomic E-state index is 11.8. The number of rotatable bonds is 4. The summed E-state index contributed by atoms with van der Waals surface area (Å²) in [5.74, 6) is -0.153. The Kier molecular flexibility index (Phi) is 4.74. The van der Waals surface area contributed by atoms with Gasteiger partial charge in [-0.05, 0) is 12.1 Å². The molecule has 0 saturated carbocycles. The second-order valence-electron chi connectivity index (χ2n) is 4.08. The molecular weight excluding hydrogens is 276 g/mol. The molecule has 2 rings (SSSR count). The van der Waals surface area contributed by atoms with E-state index < -0.39 is 6.03 Å². The van der Waals surface area contributed by atoms with Crippen molar-refractivity contribution in [2.75, 3.05) is 11.9 Å². The number of nitrogens with one attached hydrogen (secondary N) is 2. The number of Topliss-reactive ketones (excluding diaryl/α,β-unsaturated/α-hetero) is 1. The zero-order chi connectivity index (χ0) is 14.4. The minimum atomic E-state index is -0.470. The molecule has 102 valence electrons. The summed E-state index contributed by atoms with van der Waals surface area (Å²) in [7, 11) is 0. The van der Waals surface area contributed by atoms with E-state index in [4.69, 9.17) is 11.6 Å². The molecule has 0 spiro atoms. The maximum absolute atomic E-state index is 11.8. The fourth-order valence-corrected chi connectivity index (χ4v) is 1.80. The lowest BCUT2D eigenvalue weighted by molar-refractivity contribution is 0.0993. The first kappa shape index (κ1) is 14.1. The smallest absolute Gasteiger partial charge is 0.319 e. The SMILES string of the molecule is O=C(NCC(=O)c1ccccc1)Nc1ccccc1Cl. The van der Waals surface area contributed by atoms with E-state index in [1.54, 1.807) is 48.5 Å². The summed E-state index contributed by atoms with van der Waals surface area (Å²) in [4.78, 5) is 23.5. The molecule has 0 heterocycles. The molecule has 0 aromatic heterocycles. The van der Waals surface area contributed by atoms with Gasteiger partial charge in [0.25, 0.3) is 0 Å². The van der Waals surface area contributed by atoms with E-state index in [0.717, 1.165) is 0 Å². The van der Waals surface area contributed by atoms with Crippen LogP contribution in [0.1, 0.15) is 10.4 Å². The molecule has 2 aromatic carbocycles. The summed E-state index contributed by atoms with van der Waals surface area (Å²) in [6, 6.07) is 15.2. The highest BCUT2D eigenvalue weighted by Crippen LogP contribution is 2.19. The highest BCUT2D eigenvalue weighted by Gasteiger charge is 2.08. The number of para-hydroxylation sites is 1. The Labute approximate surface area is 121 Å². The first-order valence-electron chi connectivity index (χ1n) is 6.04. The van der Waals surface area contributed by atoms with Gasteiger partial charge in [0.05, 0.1) is 17.3 Å². The van der Waals surface area contributed by atoms with Gasteiger partial charge in [-0.3, -0.25) is 4.79 Å². The van der Waals surface area contributed by atoms with Crippen molar-refractivity contribution in [1.82, 2.24) is 5.32 Å². The van der Waals surface area contributed by atoms with Gasteiger partial charge in [-0.1, -0.05) is 54.1 Å². The normalized spacial score (nSPS) is 9.85. The molecule has 2 aromatic rings. The maximum Gasteiger partial charge on any atom is 0.319 e. The van der Waals surface area contributed by atoms with Crippen LogP contribution in [0.5, 0.6) is 0 Å². The third-order valence-corrected chi connectivity index (χ3v) is 2.96. The molecule has 2 amide bonds. The van der Waals surface area contributed by atoms with Crippen molar-refractivity contribution in [3.63, 3.8) is 0 Å². The average molecular weight is 289 g/mol. The van der Waals surface area contributed by atoms with Crippen LogP contribution in [0, 0.1) is 0 Å². The first-order valence-corrected chi connectivity index (χ1v) is 6.42. The highest BCUT2D eigenvalue weighted by atomic mass is 35.5. The summed E-state index contributed by atoms with van der Waals surface area (Å²) in [6.07, 6.45) is 0. The van der Waals surface area contributed by atoms with Crippen molar-refractivity contribution in [1.29, 1.82) is 0 Å². The van der Waals surface area contributed by atoms with Crippen LogP contribution in [0.3, 0.4) is 0 Å². The van der Waals surface area contributed by atoms with Gasteiger partial charge >= 0.3 is 6.03 Å². The molecule has 0 bridgehead atoms. The second-order valence-corrected chi connectivity index (χ2v) is 4.48. The van der Waals surface area contributed by atoms with Crippen LogP contribution < -0.4 is 10.6 Å². The predicted molar refractivity (Wildman–Crippen MR) is 79.2 cm³/mol. The van der Waals surface area contributed by atoms with Crippen LogP contribution in [-0.2, 0) is 0 Å². The quantitative estimate of drug-likeness (QED) is 0.848. The van der Waals surface area contributed by atoms with E-state index in [-0.39, 0.29) is 12.3 Å². The van der Waals surface area contributed by atoms with Crippen LogP contribution >= 0.6 is 11.6 Å². The van der Waals surface area contributed by atoms with Crippen molar-refractivity contribution < 1.29 is 9.59 Å². The Hall–Kier alpha value is -2.33. The van der Waals surface area contributed by atoms with Crippen molar-refractivity contribution in [3.05, 3.63) is 65.2 Å². The number of anilines is 1. The average Bonchev–Trinajstić information content (AvgIpc) is 2.48. The van der Waals surface area contributed by atoms with Crippen LogP contribution in [-0.4, -0.2) is 18.4 Å². The summed E-state index contributed by atoms with van der Waals surface area (Å²) in [6.45, 7) is -0.0691. The summed E-state index contributed by atoms with van der Waals surface area (Å²) in [5, 5.41) is 5.52. The van der Waals surface area contributed by atoms with Crippen molar-refractivity contribution in [3.8, 4) is 0 Å². The molecule has 20 heavy (non-hydrogen) atoms. The highest BCUT2D eigenvalue weighted by molar-refractivity contribution is 6.33. The van der Waals surface area contributed by atoms with Gasteiger partial charge in [0.2, 0.25) is 0 Å². The molecule has 0 aliphatic carbocycles. The molecule has 0 saturated heterocycles. The van der Waals surface area contributed by atoms with Crippen LogP contribution in [0.2, 0.25) is 5.02 Å². The van der Waals surface area contributed by atoms with Gasteiger partial charge < -0.3 is 10.6 Å². The number of hydrogen-bond acceptors (Lipinski definition) is 2. The number of benzene rings is 2. The number of urea groups is 1. The number of hydrogen-bond donors (Lipinski definition) is 2. The van der Waals surface area contributed by atoms with Crippen LogP contribution in [0.25, 0.3) is 0 Å². The third-order valence-electron chi connectivity index (χ3n) is 2.63. The predicted octanol–water partition coefficient (Wildman–Crippen LogP) is 3.34. The Balaban J connectivity index is 1.87. The fourth-order valence-electron chi connectivity index (χ4n) is 1.62. The second kappa shape index (κ2) is 6.73. The van der Waals surface area contributed by atoms with Crippen LogP contribution in [0.15, 0.2) is 54.6 Å². The lowest BCUT2D eigenvalue weighted by atomic mass is 10.1. The van der Waals surface area contributed by atoms with Crippen molar-refractivity contribution in [2.24, 2.45) is 0 Å². The zero-order valence-electron chi connectivity index (χ0n) is 10.6. The Morgan fingerprint density at radius 2 is 1.60 bits per heavy atom. The standard InChI is InChI=1S/C15H13ClN2O2/c16-12-8-4-5-9-13(12)18-15(20)17-10-14(19)11-6-2-1-3-7-11/h1-9H,10H2,(H2,17,18,20). The third kappa shape index (κ3) is 3.83. The molecule has 2 N–H and O–H groups in total. The van der Waals surface area contributed by atoms with Gasteiger partial charge in [-0.25, -0.2) is 4.79 Å². The van der Waals surface area contributed by atoms with Gasteiger partial charge in [0.1, 0.15) is 0 Å². The number of halogens is 1. The molecule has 0 radical (unpaired) electrons. The van der Waals surface area contributed by atoms with Crippen LogP contribution in [0.4, 0.5) is 10.5 Å². The number of carbonyl (C=O) groups excluding carboxylic acids is 2. The topological polar surface area (TPSA) is 58.2 Å². The van der Waals surface area contributed by atoms with Gasteiger partial charge in [0.15, 0.2) is 5.78 Å². The number of carbonyl (C=O) groups is 2. The summed E-state index contributed by atoms with van der Waals surface area (Å²) in [5.41, 5.74) is 1.06. The minimum absolute atomic E-state index is 0.0691. The van der Waals surface area contributed by atoms with E-state index in [1.165, 1.54) is 0 Å². The minimum Gasteiger partial charge on any atom is -0.330 e. The van der Waals surface area contributed by atoms with E-state index in [1.807, 2.05) is 6.07 Å². The molecule has 0 aliphatic rings. The van der Waals surface area contributed by atoms with E-state index in [0.29, 0.717) is 16.3 Å². The molecular formula is C15H13ClN2O2. The first-order chi connectivity index (χ1) is 9.66. The molecule has 0 atom stereocenters. The lowest BCUT2D eigenvalue weighted by Gasteiger charge is -2.08. The van der Waals surface area contributed by atoms with E-state index >= 15 is 0 Å². The van der Waals surface area contributed by atoms with Gasteiger partial charge in [0, 0.05) is 5.56 Å². The summed E-state index contributed by atoms with van der Waals surface area (Å²) >= 11 is 5.92. The molecule has 0 unspecified atom stereocenters.